The van der Waals surface area contributed by atoms with Gasteiger partial charge in [-0.1, -0.05) is 54.6 Å². The van der Waals surface area contributed by atoms with Crippen LogP contribution in [0.5, 0.6) is 11.5 Å². The van der Waals surface area contributed by atoms with Crippen LogP contribution in [0.25, 0.3) is 22.2 Å². The van der Waals surface area contributed by atoms with Crippen molar-refractivity contribution in [3.05, 3.63) is 114 Å². The van der Waals surface area contributed by atoms with Gasteiger partial charge in [0.1, 0.15) is 0 Å². The van der Waals surface area contributed by atoms with Crippen molar-refractivity contribution in [3.8, 4) is 22.8 Å². The number of rotatable bonds is 7. The number of ketones is 1. The third-order valence-corrected chi connectivity index (χ3v) is 7.76. The minimum Gasteiger partial charge on any atom is -0.493 e. The largest absolute Gasteiger partial charge is 0.493 e. The molecule has 0 atom stereocenters. The molecule has 0 radical (unpaired) electrons. The van der Waals surface area contributed by atoms with Crippen LogP contribution in [0.15, 0.2) is 108 Å². The Morgan fingerprint density at radius 2 is 1.39 bits per heavy atom. The molecule has 0 unspecified atom stereocenters. The highest BCUT2D eigenvalue weighted by Crippen LogP contribution is 2.33. The van der Waals surface area contributed by atoms with Gasteiger partial charge in [-0.05, 0) is 54.1 Å². The number of hydrogen-bond acceptors (Lipinski definition) is 5. The molecule has 180 valence electrons. The fraction of sp³-hybridized carbons (Fsp3) is 0.0690. The van der Waals surface area contributed by atoms with Gasteiger partial charge in [-0.2, -0.15) is 0 Å². The van der Waals surface area contributed by atoms with E-state index in [1.165, 1.54) is 18.2 Å². The van der Waals surface area contributed by atoms with E-state index in [1.54, 1.807) is 84.9 Å². The lowest BCUT2D eigenvalue weighted by atomic mass is 10.00. The van der Waals surface area contributed by atoms with Gasteiger partial charge in [0.25, 0.3) is 10.0 Å². The van der Waals surface area contributed by atoms with E-state index in [0.717, 1.165) is 5.39 Å². The van der Waals surface area contributed by atoms with Crippen molar-refractivity contribution < 1.29 is 22.7 Å². The van der Waals surface area contributed by atoms with Gasteiger partial charge in [0.15, 0.2) is 17.3 Å². The first kappa shape index (κ1) is 23.4. The molecule has 1 heterocycles. The summed E-state index contributed by atoms with van der Waals surface area (Å²) in [5.74, 6) is 0.762. The van der Waals surface area contributed by atoms with E-state index in [9.17, 15) is 13.2 Å². The summed E-state index contributed by atoms with van der Waals surface area (Å²) in [6.07, 6.45) is 0. The fourth-order valence-electron chi connectivity index (χ4n) is 4.25. The molecule has 4 aromatic carbocycles. The highest BCUT2D eigenvalue weighted by molar-refractivity contribution is 7.90. The first-order chi connectivity index (χ1) is 17.4. The Labute approximate surface area is 209 Å². The van der Waals surface area contributed by atoms with Gasteiger partial charge in [-0.15, -0.1) is 0 Å². The van der Waals surface area contributed by atoms with Gasteiger partial charge in [0, 0.05) is 16.5 Å². The van der Waals surface area contributed by atoms with Crippen LogP contribution in [0.3, 0.4) is 0 Å². The van der Waals surface area contributed by atoms with Crippen molar-refractivity contribution in [3.63, 3.8) is 0 Å². The minimum atomic E-state index is -3.90. The number of carbonyl (C=O) groups excluding carboxylic acids is 1. The molecule has 0 aliphatic heterocycles. The van der Waals surface area contributed by atoms with Crippen molar-refractivity contribution in [2.45, 2.75) is 4.90 Å². The van der Waals surface area contributed by atoms with E-state index < -0.39 is 10.0 Å². The molecule has 36 heavy (non-hydrogen) atoms. The van der Waals surface area contributed by atoms with E-state index >= 15 is 0 Å². The Bertz CT molecular complexity index is 1690. The molecule has 0 bridgehead atoms. The predicted octanol–water partition coefficient (Wildman–Crippen LogP) is 5.79. The van der Waals surface area contributed by atoms with E-state index in [2.05, 4.69) is 0 Å². The summed E-state index contributed by atoms with van der Waals surface area (Å²) in [5.41, 5.74) is 2.50. The topological polar surface area (TPSA) is 74.6 Å². The lowest BCUT2D eigenvalue weighted by molar-refractivity contribution is 0.103. The average molecular weight is 498 g/mol. The summed E-state index contributed by atoms with van der Waals surface area (Å²) in [7, 11) is -0.856. The second kappa shape index (κ2) is 9.36. The molecule has 5 rings (SSSR count). The minimum absolute atomic E-state index is 0.185. The maximum Gasteiger partial charge on any atom is 0.268 e. The van der Waals surface area contributed by atoms with Crippen LogP contribution >= 0.6 is 0 Å². The number of methoxy groups -OCH3 is 2. The first-order valence-corrected chi connectivity index (χ1v) is 12.7. The number of benzene rings is 4. The number of fused-ring (bicyclic) bond motifs is 1. The predicted molar refractivity (Wildman–Crippen MR) is 139 cm³/mol. The molecule has 7 heteroatoms. The van der Waals surface area contributed by atoms with Crippen molar-refractivity contribution >= 4 is 26.7 Å². The molecule has 1 aromatic heterocycles. The van der Waals surface area contributed by atoms with Crippen LogP contribution in [0.4, 0.5) is 0 Å². The standard InChI is InChI=1S/C29H23NO5S/c1-34-27-16-15-23(19-28(27)35-2)29(31)22-11-8-10-20(17-22)26-18-21-9-6-7-14-25(21)30(26)36(32,33)24-12-4-3-5-13-24/h3-19H,1-2H3. The third-order valence-electron chi connectivity index (χ3n) is 6.01. The van der Waals surface area contributed by atoms with Crippen LogP contribution in [-0.4, -0.2) is 32.4 Å². The molecular weight excluding hydrogens is 474 g/mol. The van der Waals surface area contributed by atoms with Crippen molar-refractivity contribution in [2.75, 3.05) is 14.2 Å². The normalized spacial score (nSPS) is 11.4. The summed E-state index contributed by atoms with van der Waals surface area (Å²) in [4.78, 5) is 13.5. The van der Waals surface area contributed by atoms with Crippen LogP contribution in [0, 0.1) is 0 Å². The molecule has 0 amide bonds. The quantitative estimate of drug-likeness (QED) is 0.266. The Morgan fingerprint density at radius 1 is 0.694 bits per heavy atom. The summed E-state index contributed by atoms with van der Waals surface area (Å²) in [5, 5.41) is 0.781. The highest BCUT2D eigenvalue weighted by atomic mass is 32.2. The number of nitrogens with zero attached hydrogens (tertiary/aromatic N) is 1. The molecule has 0 fully saturated rings. The van der Waals surface area contributed by atoms with Gasteiger partial charge in [0.2, 0.25) is 0 Å². The summed E-state index contributed by atoms with van der Waals surface area (Å²) < 4.78 is 39.4. The molecule has 6 nitrogen and oxygen atoms in total. The summed E-state index contributed by atoms with van der Waals surface area (Å²) >= 11 is 0. The molecule has 0 aliphatic rings. The SMILES string of the molecule is COc1ccc(C(=O)c2cccc(-c3cc4ccccc4n3S(=O)(=O)c3ccccc3)c2)cc1OC. The monoisotopic (exact) mass is 497 g/mol. The van der Waals surface area contributed by atoms with E-state index in [0.29, 0.717) is 39.4 Å². The zero-order chi connectivity index (χ0) is 25.3. The second-order valence-corrected chi connectivity index (χ2v) is 9.94. The van der Waals surface area contributed by atoms with Crippen molar-refractivity contribution in [2.24, 2.45) is 0 Å². The summed E-state index contributed by atoms with van der Waals surface area (Å²) in [6, 6.07) is 29.4. The first-order valence-electron chi connectivity index (χ1n) is 11.2. The van der Waals surface area contributed by atoms with Gasteiger partial charge in [-0.25, -0.2) is 12.4 Å². The van der Waals surface area contributed by atoms with E-state index in [1.807, 2.05) is 18.2 Å². The smallest absolute Gasteiger partial charge is 0.268 e. The lowest BCUT2D eigenvalue weighted by Crippen LogP contribution is -2.14. The van der Waals surface area contributed by atoms with E-state index in [-0.39, 0.29) is 10.7 Å². The van der Waals surface area contributed by atoms with Crippen molar-refractivity contribution in [1.29, 1.82) is 0 Å². The number of hydrogen-bond donors (Lipinski definition) is 0. The molecule has 0 saturated heterocycles. The van der Waals surface area contributed by atoms with Crippen LogP contribution < -0.4 is 9.47 Å². The Balaban J connectivity index is 1.65. The maximum atomic E-state index is 13.7. The number of carbonyl (C=O) groups is 1. The Kier molecular flexibility index (Phi) is 6.08. The van der Waals surface area contributed by atoms with Gasteiger partial charge < -0.3 is 9.47 Å². The molecule has 0 saturated carbocycles. The Morgan fingerprint density at radius 3 is 2.14 bits per heavy atom. The molecule has 5 aromatic rings. The number of ether oxygens (including phenoxy) is 2. The van der Waals surface area contributed by atoms with Crippen molar-refractivity contribution in [1.82, 2.24) is 3.97 Å². The maximum absolute atomic E-state index is 13.7. The van der Waals surface area contributed by atoms with Crippen LogP contribution in [0.1, 0.15) is 15.9 Å². The highest BCUT2D eigenvalue weighted by Gasteiger charge is 2.24. The zero-order valence-corrected chi connectivity index (χ0v) is 20.5. The van der Waals surface area contributed by atoms with Gasteiger partial charge in [-0.3, -0.25) is 4.79 Å². The van der Waals surface area contributed by atoms with Gasteiger partial charge in [0.05, 0.1) is 30.3 Å². The molecular formula is C29H23NO5S. The van der Waals surface area contributed by atoms with Gasteiger partial charge >= 0.3 is 0 Å². The number of aromatic nitrogens is 1. The average Bonchev–Trinajstić information content (AvgIpc) is 3.33. The van der Waals surface area contributed by atoms with E-state index in [4.69, 9.17) is 9.47 Å². The second-order valence-electron chi connectivity index (χ2n) is 8.15. The van der Waals surface area contributed by atoms with Crippen LogP contribution in [-0.2, 0) is 10.0 Å². The molecule has 0 spiro atoms. The van der Waals surface area contributed by atoms with Crippen LogP contribution in [0.2, 0.25) is 0 Å². The fourth-order valence-corrected chi connectivity index (χ4v) is 5.81. The summed E-state index contributed by atoms with van der Waals surface area (Å²) in [6.45, 7) is 0. The Hall–Kier alpha value is -4.36. The third kappa shape index (κ3) is 4.03. The lowest BCUT2D eigenvalue weighted by Gasteiger charge is -2.13. The molecule has 0 aliphatic carbocycles. The zero-order valence-electron chi connectivity index (χ0n) is 19.7. The molecule has 0 N–H and O–H groups in total. The number of para-hydroxylation sites is 1.